The summed E-state index contributed by atoms with van der Waals surface area (Å²) >= 11 is 0. The second kappa shape index (κ2) is 2.68. The molecule has 0 radical (unpaired) electrons. The minimum atomic E-state index is -0.625. The van der Waals surface area contributed by atoms with Crippen LogP contribution in [0.4, 0.5) is 0 Å². The molecule has 0 aliphatic carbocycles. The van der Waals surface area contributed by atoms with E-state index in [4.69, 9.17) is 9.47 Å². The molecule has 0 aromatic carbocycles. The predicted molar refractivity (Wildman–Crippen MR) is 35.9 cm³/mol. The van der Waals surface area contributed by atoms with Gasteiger partial charge in [-0.1, -0.05) is 0 Å². The minimum Gasteiger partial charge on any atom is -0.378 e. The summed E-state index contributed by atoms with van der Waals surface area (Å²) in [5, 5.41) is 0. The quantitative estimate of drug-likeness (QED) is 0.562. The first-order valence-electron chi connectivity index (χ1n) is 3.35. The van der Waals surface area contributed by atoms with Gasteiger partial charge < -0.3 is 9.47 Å². The van der Waals surface area contributed by atoms with Crippen molar-refractivity contribution in [2.45, 2.75) is 18.9 Å². The summed E-state index contributed by atoms with van der Waals surface area (Å²) in [6.07, 6.45) is 0.693. The first kappa shape index (κ1) is 7.69. The van der Waals surface area contributed by atoms with E-state index in [0.717, 1.165) is 0 Å². The number of hydrogen-bond acceptors (Lipinski definition) is 3. The molecule has 0 bridgehead atoms. The van der Waals surface area contributed by atoms with E-state index >= 15 is 0 Å². The number of ether oxygens (including phenoxy) is 2. The number of Topliss-reactive ketones (excluding diaryl/α,β-unsaturated/α-hetero) is 1. The van der Waals surface area contributed by atoms with Gasteiger partial charge in [0.05, 0.1) is 13.2 Å². The molecule has 1 aliphatic rings. The number of carbonyl (C=O) groups excluding carboxylic acids is 1. The molecular weight excluding hydrogens is 132 g/mol. The van der Waals surface area contributed by atoms with E-state index in [2.05, 4.69) is 0 Å². The molecule has 0 N–H and O–H groups in total. The van der Waals surface area contributed by atoms with Gasteiger partial charge in [0.1, 0.15) is 0 Å². The molecule has 10 heavy (non-hydrogen) atoms. The van der Waals surface area contributed by atoms with Crippen LogP contribution in [0.3, 0.4) is 0 Å². The minimum absolute atomic E-state index is 0.0625. The van der Waals surface area contributed by atoms with Crippen molar-refractivity contribution in [1.29, 1.82) is 0 Å². The van der Waals surface area contributed by atoms with Crippen LogP contribution in [-0.2, 0) is 14.3 Å². The lowest BCUT2D eigenvalue weighted by atomic mass is 9.99. The highest BCUT2D eigenvalue weighted by atomic mass is 16.6. The van der Waals surface area contributed by atoms with Crippen LogP contribution in [0, 0.1) is 0 Å². The van der Waals surface area contributed by atoms with Crippen LogP contribution < -0.4 is 0 Å². The summed E-state index contributed by atoms with van der Waals surface area (Å²) in [6, 6.07) is 0. The van der Waals surface area contributed by atoms with Gasteiger partial charge in [-0.2, -0.15) is 0 Å². The maximum absolute atomic E-state index is 11.0. The maximum atomic E-state index is 11.0. The molecule has 58 valence electrons. The highest BCUT2D eigenvalue weighted by Crippen LogP contribution is 2.22. The average molecular weight is 144 g/mol. The van der Waals surface area contributed by atoms with Gasteiger partial charge in [0.2, 0.25) is 0 Å². The lowest BCUT2D eigenvalue weighted by molar-refractivity contribution is -0.138. The van der Waals surface area contributed by atoms with Crippen LogP contribution >= 0.6 is 0 Å². The Labute approximate surface area is 60.3 Å². The van der Waals surface area contributed by atoms with E-state index in [-0.39, 0.29) is 5.78 Å². The number of hydrogen-bond donors (Lipinski definition) is 0. The number of methoxy groups -OCH3 is 1. The molecule has 1 atom stereocenters. The smallest absolute Gasteiger partial charge is 0.164 e. The molecule has 1 rings (SSSR count). The molecule has 1 saturated heterocycles. The fourth-order valence-corrected chi connectivity index (χ4v) is 1.13. The topological polar surface area (TPSA) is 35.5 Å². The Bertz CT molecular complexity index is 136. The lowest BCUT2D eigenvalue weighted by Gasteiger charge is -2.21. The molecule has 0 spiro atoms. The van der Waals surface area contributed by atoms with Crippen LogP contribution in [0.1, 0.15) is 13.3 Å². The summed E-state index contributed by atoms with van der Waals surface area (Å²) in [5.41, 5.74) is -0.625. The van der Waals surface area contributed by atoms with Gasteiger partial charge in [-0.25, -0.2) is 0 Å². The van der Waals surface area contributed by atoms with Crippen LogP contribution in [0.2, 0.25) is 0 Å². The molecule has 1 aliphatic heterocycles. The third kappa shape index (κ3) is 1.07. The Kier molecular flexibility index (Phi) is 2.06. The molecular formula is C7H12O3. The van der Waals surface area contributed by atoms with Gasteiger partial charge in [0.25, 0.3) is 0 Å². The second-order valence-corrected chi connectivity index (χ2v) is 2.56. The molecule has 0 aromatic heterocycles. The van der Waals surface area contributed by atoms with Gasteiger partial charge in [0.15, 0.2) is 11.4 Å². The molecule has 1 unspecified atom stereocenters. The van der Waals surface area contributed by atoms with Crippen molar-refractivity contribution >= 4 is 5.78 Å². The van der Waals surface area contributed by atoms with E-state index in [9.17, 15) is 4.79 Å². The first-order valence-corrected chi connectivity index (χ1v) is 3.35. The van der Waals surface area contributed by atoms with E-state index in [1.54, 1.807) is 7.11 Å². The molecule has 0 aromatic rings. The zero-order valence-corrected chi connectivity index (χ0v) is 6.35. The monoisotopic (exact) mass is 144 g/mol. The maximum Gasteiger partial charge on any atom is 0.164 e. The van der Waals surface area contributed by atoms with Crippen LogP contribution in [0.5, 0.6) is 0 Å². The highest BCUT2D eigenvalue weighted by Gasteiger charge is 2.39. The van der Waals surface area contributed by atoms with Gasteiger partial charge in [-0.3, -0.25) is 4.79 Å². The van der Waals surface area contributed by atoms with Crippen molar-refractivity contribution in [3.8, 4) is 0 Å². The molecule has 3 heteroatoms. The fourth-order valence-electron chi connectivity index (χ4n) is 1.13. The van der Waals surface area contributed by atoms with Crippen molar-refractivity contribution in [3.63, 3.8) is 0 Å². The normalized spacial score (nSPS) is 32.6. The molecule has 3 nitrogen and oxygen atoms in total. The van der Waals surface area contributed by atoms with E-state index < -0.39 is 5.60 Å². The Hall–Kier alpha value is -0.410. The van der Waals surface area contributed by atoms with E-state index in [1.165, 1.54) is 6.92 Å². The number of carbonyl (C=O) groups is 1. The zero-order valence-electron chi connectivity index (χ0n) is 6.35. The summed E-state index contributed by atoms with van der Waals surface area (Å²) in [4.78, 5) is 11.0. The standard InChI is InChI=1S/C7H12O3/c1-6(8)7(9-2)3-4-10-5-7/h3-5H2,1-2H3. The van der Waals surface area contributed by atoms with Crippen molar-refractivity contribution < 1.29 is 14.3 Å². The lowest BCUT2D eigenvalue weighted by Crippen LogP contribution is -2.39. The predicted octanol–water partition coefficient (Wildman–Crippen LogP) is 0.381. The van der Waals surface area contributed by atoms with Crippen molar-refractivity contribution in [1.82, 2.24) is 0 Å². The molecule has 1 fully saturated rings. The van der Waals surface area contributed by atoms with Crippen molar-refractivity contribution in [2.75, 3.05) is 20.3 Å². The summed E-state index contributed by atoms with van der Waals surface area (Å²) in [7, 11) is 1.55. The largest absolute Gasteiger partial charge is 0.378 e. The van der Waals surface area contributed by atoms with Gasteiger partial charge in [-0.15, -0.1) is 0 Å². The Morgan fingerprint density at radius 1 is 1.70 bits per heavy atom. The Morgan fingerprint density at radius 2 is 2.40 bits per heavy atom. The number of ketones is 1. The zero-order chi connectivity index (χ0) is 7.61. The third-order valence-corrected chi connectivity index (χ3v) is 2.02. The molecule has 1 heterocycles. The third-order valence-electron chi connectivity index (χ3n) is 2.02. The summed E-state index contributed by atoms with van der Waals surface area (Å²) in [5.74, 6) is 0.0625. The summed E-state index contributed by atoms with van der Waals surface area (Å²) < 4.78 is 10.2. The van der Waals surface area contributed by atoms with Crippen LogP contribution in [-0.4, -0.2) is 31.7 Å². The van der Waals surface area contributed by atoms with Crippen molar-refractivity contribution in [2.24, 2.45) is 0 Å². The van der Waals surface area contributed by atoms with Gasteiger partial charge >= 0.3 is 0 Å². The SMILES string of the molecule is COC1(C(C)=O)CCOC1. The first-order chi connectivity index (χ1) is 4.71. The van der Waals surface area contributed by atoms with Crippen LogP contribution in [0.25, 0.3) is 0 Å². The van der Waals surface area contributed by atoms with E-state index in [1.807, 2.05) is 0 Å². The fraction of sp³-hybridized carbons (Fsp3) is 0.857. The van der Waals surface area contributed by atoms with Crippen LogP contribution in [0.15, 0.2) is 0 Å². The molecule has 0 saturated carbocycles. The molecule has 0 amide bonds. The summed E-state index contributed by atoms with van der Waals surface area (Å²) in [6.45, 7) is 2.59. The average Bonchev–Trinajstić information content (AvgIpc) is 2.35. The van der Waals surface area contributed by atoms with Gasteiger partial charge in [-0.05, 0) is 6.92 Å². The van der Waals surface area contributed by atoms with Gasteiger partial charge in [0, 0.05) is 13.5 Å². The number of rotatable bonds is 2. The highest BCUT2D eigenvalue weighted by molar-refractivity contribution is 5.85. The Balaban J connectivity index is 2.67. The Morgan fingerprint density at radius 3 is 2.60 bits per heavy atom. The second-order valence-electron chi connectivity index (χ2n) is 2.56. The van der Waals surface area contributed by atoms with Crippen molar-refractivity contribution in [3.05, 3.63) is 0 Å². The van der Waals surface area contributed by atoms with E-state index in [0.29, 0.717) is 19.6 Å².